The summed E-state index contributed by atoms with van der Waals surface area (Å²) in [5.74, 6) is -7.09. The number of aromatic hydroxyl groups is 1. The second kappa shape index (κ2) is 6.97. The van der Waals surface area contributed by atoms with Crippen molar-refractivity contribution in [3.8, 4) is 5.75 Å². The van der Waals surface area contributed by atoms with Gasteiger partial charge in [0.05, 0.1) is 17.3 Å². The number of carbonyl (C=O) groups excluding carboxylic acids is 3. The SMILES string of the molecule is CN(C)[C@@H]1C(O)=C(C(N)=O)C(=O)[C@@]2(O)C(O)=C3C(=O)c4c(O)ccc(N=N)c4CC3CC12. The first-order chi connectivity index (χ1) is 15.0. The summed E-state index contributed by atoms with van der Waals surface area (Å²) in [6.07, 6.45) is 0.0828. The van der Waals surface area contributed by atoms with Crippen molar-refractivity contribution in [2.45, 2.75) is 24.5 Å². The average molecular weight is 442 g/mol. The highest BCUT2D eigenvalue weighted by Gasteiger charge is 2.63. The molecule has 11 nitrogen and oxygen atoms in total. The van der Waals surface area contributed by atoms with Crippen LogP contribution in [0.15, 0.2) is 39.9 Å². The highest BCUT2D eigenvalue weighted by molar-refractivity contribution is 6.24. The number of hydrogen-bond donors (Lipinski definition) is 6. The van der Waals surface area contributed by atoms with Gasteiger partial charge in [0.1, 0.15) is 22.8 Å². The molecule has 0 aromatic heterocycles. The topological polar surface area (TPSA) is 198 Å². The number of carbonyl (C=O) groups is 3. The first-order valence-corrected chi connectivity index (χ1v) is 9.83. The van der Waals surface area contributed by atoms with E-state index in [1.807, 2.05) is 0 Å². The van der Waals surface area contributed by atoms with E-state index < -0.39 is 58.0 Å². The Balaban J connectivity index is 1.99. The van der Waals surface area contributed by atoms with Gasteiger partial charge in [0.15, 0.2) is 11.4 Å². The van der Waals surface area contributed by atoms with E-state index in [1.54, 1.807) is 14.1 Å². The first-order valence-electron chi connectivity index (χ1n) is 9.83. The van der Waals surface area contributed by atoms with Gasteiger partial charge in [0, 0.05) is 11.5 Å². The smallest absolute Gasteiger partial charge is 0.255 e. The lowest BCUT2D eigenvalue weighted by molar-refractivity contribution is -0.148. The van der Waals surface area contributed by atoms with E-state index in [1.165, 1.54) is 17.0 Å². The molecule has 0 aliphatic heterocycles. The molecule has 1 aromatic carbocycles. The van der Waals surface area contributed by atoms with Crippen molar-refractivity contribution in [3.63, 3.8) is 0 Å². The van der Waals surface area contributed by atoms with Crippen LogP contribution in [0.4, 0.5) is 5.69 Å². The number of fused-ring (bicyclic) bond motifs is 3. The Hall–Kier alpha value is -3.57. The molecule has 0 heterocycles. The zero-order valence-corrected chi connectivity index (χ0v) is 17.3. The Morgan fingerprint density at radius 2 is 1.91 bits per heavy atom. The summed E-state index contributed by atoms with van der Waals surface area (Å²) in [6, 6.07) is 1.54. The van der Waals surface area contributed by atoms with Crippen molar-refractivity contribution in [2.24, 2.45) is 22.7 Å². The van der Waals surface area contributed by atoms with Gasteiger partial charge in [0.2, 0.25) is 5.78 Å². The molecule has 4 atom stereocenters. The highest BCUT2D eigenvalue weighted by Crippen LogP contribution is 2.53. The van der Waals surface area contributed by atoms with Gasteiger partial charge >= 0.3 is 0 Å². The fraction of sp³-hybridized carbons (Fsp3) is 0.381. The number of allylic oxidation sites excluding steroid dienone is 1. The van der Waals surface area contributed by atoms with Gasteiger partial charge in [-0.2, -0.15) is 5.11 Å². The number of nitrogens with zero attached hydrogens (tertiary/aromatic N) is 2. The summed E-state index contributed by atoms with van der Waals surface area (Å²) in [5, 5.41) is 46.9. The average Bonchev–Trinajstić information content (AvgIpc) is 2.70. The summed E-state index contributed by atoms with van der Waals surface area (Å²) in [5.41, 5.74) is 9.21. The molecule has 2 unspecified atom stereocenters. The van der Waals surface area contributed by atoms with Gasteiger partial charge in [-0.05, 0) is 50.6 Å². The van der Waals surface area contributed by atoms with E-state index in [2.05, 4.69) is 5.11 Å². The Morgan fingerprint density at radius 3 is 2.47 bits per heavy atom. The second-order valence-corrected chi connectivity index (χ2v) is 8.53. The lowest BCUT2D eigenvalue weighted by atomic mass is 9.58. The van der Waals surface area contributed by atoms with Gasteiger partial charge in [0.25, 0.3) is 5.91 Å². The number of nitrogens with two attached hydrogens (primary N) is 1. The number of nitrogens with one attached hydrogen (secondary N) is 1. The molecule has 1 aromatic rings. The zero-order valence-electron chi connectivity index (χ0n) is 17.3. The van der Waals surface area contributed by atoms with E-state index in [-0.39, 0.29) is 35.4 Å². The van der Waals surface area contributed by atoms with E-state index in [4.69, 9.17) is 11.3 Å². The van der Waals surface area contributed by atoms with Crippen molar-refractivity contribution >= 4 is 23.2 Å². The summed E-state index contributed by atoms with van der Waals surface area (Å²) < 4.78 is 0. The molecule has 0 spiro atoms. The number of ketones is 2. The van der Waals surface area contributed by atoms with Gasteiger partial charge in [-0.25, -0.2) is 5.53 Å². The number of benzene rings is 1. The van der Waals surface area contributed by atoms with Crippen LogP contribution in [0.2, 0.25) is 0 Å². The summed E-state index contributed by atoms with van der Waals surface area (Å²) in [6.45, 7) is 0. The highest BCUT2D eigenvalue weighted by atomic mass is 16.3. The Bertz CT molecular complexity index is 1170. The third-order valence-electron chi connectivity index (χ3n) is 6.70. The van der Waals surface area contributed by atoms with Crippen LogP contribution in [0.25, 0.3) is 0 Å². The predicted octanol–water partition coefficient (Wildman–Crippen LogP) is 0.783. The molecule has 0 radical (unpaired) electrons. The molecule has 4 rings (SSSR count). The molecule has 3 aliphatic carbocycles. The van der Waals surface area contributed by atoms with Crippen LogP contribution in [-0.2, 0) is 16.0 Å². The van der Waals surface area contributed by atoms with Crippen LogP contribution < -0.4 is 5.73 Å². The van der Waals surface area contributed by atoms with Crippen LogP contribution in [0.3, 0.4) is 0 Å². The molecular formula is C21H22N4O7. The van der Waals surface area contributed by atoms with Gasteiger partial charge in [-0.1, -0.05) is 0 Å². The Kier molecular flexibility index (Phi) is 4.72. The molecule has 7 N–H and O–H groups in total. The van der Waals surface area contributed by atoms with Crippen LogP contribution in [-0.4, -0.2) is 68.5 Å². The molecule has 0 saturated heterocycles. The zero-order chi connectivity index (χ0) is 23.7. The molecule has 0 fully saturated rings. The quantitative estimate of drug-likeness (QED) is 0.291. The third kappa shape index (κ3) is 2.58. The van der Waals surface area contributed by atoms with Crippen LogP contribution >= 0.6 is 0 Å². The monoisotopic (exact) mass is 442 g/mol. The lowest BCUT2D eigenvalue weighted by Crippen LogP contribution is -2.63. The summed E-state index contributed by atoms with van der Waals surface area (Å²) in [4.78, 5) is 39.8. The van der Waals surface area contributed by atoms with Crippen molar-refractivity contribution in [1.29, 1.82) is 5.53 Å². The van der Waals surface area contributed by atoms with Crippen molar-refractivity contribution in [1.82, 2.24) is 4.90 Å². The minimum Gasteiger partial charge on any atom is -0.510 e. The van der Waals surface area contributed by atoms with Gasteiger partial charge in [-0.3, -0.25) is 19.3 Å². The number of hydrogen-bond acceptors (Lipinski definition) is 10. The van der Waals surface area contributed by atoms with Gasteiger partial charge < -0.3 is 26.2 Å². The summed E-state index contributed by atoms with van der Waals surface area (Å²) in [7, 11) is 3.12. The number of likely N-dealkylation sites (N-methyl/N-ethyl adjacent to an activating group) is 1. The maximum Gasteiger partial charge on any atom is 0.255 e. The standard InChI is InChI=1S/C21H22N4O7/c1-25(2)15-9-6-7-5-8-10(24-23)3-4-11(26)13(8)16(27)12(7)18(29)21(9,32)19(30)14(17(15)28)20(22)31/h3-4,7,9,15,23,26,28-29,32H,5-6H2,1-2H3,(H2,22,31)/t7?,9?,15-,21-/m0/s1. The molecule has 0 saturated carbocycles. The number of primary amides is 1. The molecule has 3 aliphatic rings. The van der Waals surface area contributed by atoms with Crippen LogP contribution in [0.5, 0.6) is 5.75 Å². The van der Waals surface area contributed by atoms with E-state index in [9.17, 15) is 34.8 Å². The van der Waals surface area contributed by atoms with Gasteiger partial charge in [-0.15, -0.1) is 0 Å². The number of Topliss-reactive ketones (excluding diaryl/α,β-unsaturated/α-hetero) is 2. The van der Waals surface area contributed by atoms with Crippen LogP contribution in [0.1, 0.15) is 22.3 Å². The molecule has 11 heteroatoms. The minimum absolute atomic E-state index is 0.0150. The minimum atomic E-state index is -2.67. The third-order valence-corrected chi connectivity index (χ3v) is 6.70. The number of amides is 1. The number of aliphatic hydroxyl groups is 3. The normalized spacial score (nSPS) is 29.6. The number of phenolic OH excluding ortho intramolecular Hbond substituents is 1. The molecule has 0 bridgehead atoms. The fourth-order valence-electron chi connectivity index (χ4n) is 5.34. The largest absolute Gasteiger partial charge is 0.510 e. The Morgan fingerprint density at radius 1 is 1.25 bits per heavy atom. The maximum absolute atomic E-state index is 13.3. The molecule has 168 valence electrons. The van der Waals surface area contributed by atoms with Crippen molar-refractivity contribution < 1.29 is 34.8 Å². The number of phenols is 1. The number of aliphatic hydroxyl groups excluding tert-OH is 2. The van der Waals surface area contributed by atoms with Crippen LogP contribution in [0, 0.1) is 17.4 Å². The first kappa shape index (κ1) is 21.7. The fourth-order valence-corrected chi connectivity index (χ4v) is 5.34. The van der Waals surface area contributed by atoms with Crippen molar-refractivity contribution in [2.75, 3.05) is 14.1 Å². The van der Waals surface area contributed by atoms with E-state index in [0.717, 1.165) is 0 Å². The second-order valence-electron chi connectivity index (χ2n) is 8.53. The summed E-state index contributed by atoms with van der Waals surface area (Å²) >= 11 is 0. The number of rotatable bonds is 3. The molecule has 32 heavy (non-hydrogen) atoms. The maximum atomic E-state index is 13.3. The van der Waals surface area contributed by atoms with E-state index in [0.29, 0.717) is 5.56 Å². The van der Waals surface area contributed by atoms with E-state index >= 15 is 0 Å². The van der Waals surface area contributed by atoms with Crippen molar-refractivity contribution in [3.05, 3.63) is 45.9 Å². The Labute approximate surface area is 182 Å². The molecule has 1 amide bonds. The lowest BCUT2D eigenvalue weighted by Gasteiger charge is -2.50. The molecular weight excluding hydrogens is 420 g/mol. The predicted molar refractivity (Wildman–Crippen MR) is 108 cm³/mol.